The van der Waals surface area contributed by atoms with Crippen molar-refractivity contribution in [3.8, 4) is 0 Å². The maximum atomic E-state index is 5.81. The van der Waals surface area contributed by atoms with E-state index in [2.05, 4.69) is 5.73 Å². The Morgan fingerprint density at radius 2 is 2.00 bits per heavy atom. The molecule has 0 bridgehead atoms. The lowest BCUT2D eigenvalue weighted by Gasteiger charge is -2.41. The van der Waals surface area contributed by atoms with Crippen molar-refractivity contribution < 1.29 is 15.4 Å². The third-order valence-corrected chi connectivity index (χ3v) is 4.30. The molecule has 2 fully saturated rings. The van der Waals surface area contributed by atoms with E-state index in [-0.39, 0.29) is 0 Å². The van der Waals surface area contributed by atoms with Gasteiger partial charge in [0.15, 0.2) is 0 Å². The molecule has 0 amide bonds. The summed E-state index contributed by atoms with van der Waals surface area (Å²) in [6.07, 6.45) is 8.27. The molecule has 2 heterocycles. The fourth-order valence-electron chi connectivity index (χ4n) is 3.42. The third-order valence-electron chi connectivity index (χ3n) is 4.30. The summed E-state index contributed by atoms with van der Waals surface area (Å²) in [6.45, 7) is 5.77. The molecular formula is C13H28N2O+2. The van der Waals surface area contributed by atoms with E-state index in [4.69, 9.17) is 4.74 Å². The van der Waals surface area contributed by atoms with Crippen LogP contribution in [0.25, 0.3) is 0 Å². The monoisotopic (exact) mass is 228 g/mol. The highest BCUT2D eigenvalue weighted by Crippen LogP contribution is 2.20. The van der Waals surface area contributed by atoms with Gasteiger partial charge in [-0.2, -0.15) is 0 Å². The number of nitrogens with one attached hydrogen (secondary N) is 1. The van der Waals surface area contributed by atoms with E-state index in [9.17, 15) is 0 Å². The third kappa shape index (κ3) is 3.19. The van der Waals surface area contributed by atoms with E-state index in [0.717, 1.165) is 38.1 Å². The second-order valence-corrected chi connectivity index (χ2v) is 5.44. The molecule has 2 saturated heterocycles. The number of quaternary nitrogens is 2. The van der Waals surface area contributed by atoms with Crippen molar-refractivity contribution in [2.75, 3.05) is 32.8 Å². The van der Waals surface area contributed by atoms with Crippen LogP contribution in [-0.2, 0) is 4.74 Å². The molecule has 2 aliphatic rings. The standard InChI is InChI=1S/C13H26N2O/c14-7-4-10-16-11-12-5-3-9-15-8-2-1-6-13(12)15/h12-13H,1-11,14H2/p+2/t12-,13+/m1/s1. The molecule has 2 aliphatic heterocycles. The maximum absolute atomic E-state index is 5.81. The van der Waals surface area contributed by atoms with Crippen LogP contribution in [0.15, 0.2) is 0 Å². The first-order chi connectivity index (χ1) is 7.92. The highest BCUT2D eigenvalue weighted by atomic mass is 16.5. The van der Waals surface area contributed by atoms with Gasteiger partial charge in [0.1, 0.15) is 0 Å². The van der Waals surface area contributed by atoms with Gasteiger partial charge in [0.25, 0.3) is 0 Å². The van der Waals surface area contributed by atoms with Gasteiger partial charge in [-0.3, -0.25) is 0 Å². The van der Waals surface area contributed by atoms with Crippen molar-refractivity contribution in [3.63, 3.8) is 0 Å². The molecule has 3 heteroatoms. The van der Waals surface area contributed by atoms with Gasteiger partial charge in [-0.15, -0.1) is 0 Å². The summed E-state index contributed by atoms with van der Waals surface area (Å²) >= 11 is 0. The number of ether oxygens (including phenoxy) is 1. The summed E-state index contributed by atoms with van der Waals surface area (Å²) in [5, 5.41) is 0. The molecular weight excluding hydrogens is 200 g/mol. The lowest BCUT2D eigenvalue weighted by atomic mass is 9.84. The first-order valence-corrected chi connectivity index (χ1v) is 7.13. The van der Waals surface area contributed by atoms with Crippen molar-refractivity contribution in [1.82, 2.24) is 0 Å². The Morgan fingerprint density at radius 3 is 2.88 bits per heavy atom. The van der Waals surface area contributed by atoms with Crippen molar-refractivity contribution in [1.29, 1.82) is 0 Å². The molecule has 16 heavy (non-hydrogen) atoms. The van der Waals surface area contributed by atoms with Crippen molar-refractivity contribution in [2.45, 2.75) is 44.6 Å². The summed E-state index contributed by atoms with van der Waals surface area (Å²) in [7, 11) is 0. The van der Waals surface area contributed by atoms with E-state index in [0.29, 0.717) is 0 Å². The van der Waals surface area contributed by atoms with Crippen LogP contribution in [-0.4, -0.2) is 38.9 Å². The Balaban J connectivity index is 1.74. The topological polar surface area (TPSA) is 41.3 Å². The Bertz CT molecular complexity index is 196. The van der Waals surface area contributed by atoms with E-state index >= 15 is 0 Å². The van der Waals surface area contributed by atoms with Gasteiger partial charge in [-0.05, 0) is 32.1 Å². The van der Waals surface area contributed by atoms with Crippen LogP contribution < -0.4 is 10.6 Å². The molecule has 0 aliphatic carbocycles. The van der Waals surface area contributed by atoms with E-state index in [1.807, 2.05) is 4.90 Å². The lowest BCUT2D eigenvalue weighted by Crippen LogP contribution is -3.18. The average molecular weight is 228 g/mol. The van der Waals surface area contributed by atoms with Crippen molar-refractivity contribution in [3.05, 3.63) is 0 Å². The molecule has 2 rings (SSSR count). The second kappa shape index (κ2) is 6.58. The molecule has 3 atom stereocenters. The molecule has 0 saturated carbocycles. The Kier molecular flexibility index (Phi) is 5.07. The van der Waals surface area contributed by atoms with Gasteiger partial charge >= 0.3 is 0 Å². The molecule has 0 radical (unpaired) electrons. The van der Waals surface area contributed by atoms with Crippen molar-refractivity contribution in [2.24, 2.45) is 5.92 Å². The van der Waals surface area contributed by atoms with Gasteiger partial charge < -0.3 is 15.4 Å². The highest BCUT2D eigenvalue weighted by Gasteiger charge is 2.36. The van der Waals surface area contributed by atoms with Crippen LogP contribution >= 0.6 is 0 Å². The Labute approximate surface area is 99.3 Å². The molecule has 0 aromatic rings. The molecule has 0 aromatic carbocycles. The smallest absolute Gasteiger partial charge is 0.0925 e. The van der Waals surface area contributed by atoms with Gasteiger partial charge in [0.05, 0.1) is 38.9 Å². The minimum atomic E-state index is 0.842. The molecule has 0 spiro atoms. The van der Waals surface area contributed by atoms with E-state index in [1.165, 1.54) is 45.2 Å². The minimum Gasteiger partial charge on any atom is -0.381 e. The normalized spacial score (nSPS) is 34.7. The molecule has 4 N–H and O–H groups in total. The number of piperidine rings is 2. The minimum absolute atomic E-state index is 0.842. The summed E-state index contributed by atoms with van der Waals surface area (Å²) in [4.78, 5) is 1.88. The highest BCUT2D eigenvalue weighted by molar-refractivity contribution is 4.75. The molecule has 3 nitrogen and oxygen atoms in total. The average Bonchev–Trinajstić information content (AvgIpc) is 2.35. The van der Waals surface area contributed by atoms with Crippen LogP contribution in [0.5, 0.6) is 0 Å². The predicted octanol–water partition coefficient (Wildman–Crippen LogP) is -0.518. The van der Waals surface area contributed by atoms with Crippen LogP contribution in [0.2, 0.25) is 0 Å². The quantitative estimate of drug-likeness (QED) is 0.611. The van der Waals surface area contributed by atoms with Gasteiger partial charge in [0, 0.05) is 12.3 Å². The number of hydrogen-bond donors (Lipinski definition) is 2. The fraction of sp³-hybridized carbons (Fsp3) is 1.00. The van der Waals surface area contributed by atoms with Crippen LogP contribution in [0, 0.1) is 5.92 Å². The largest absolute Gasteiger partial charge is 0.381 e. The summed E-state index contributed by atoms with van der Waals surface area (Å²) in [5.41, 5.74) is 3.85. The lowest BCUT2D eigenvalue weighted by molar-refractivity contribution is -0.940. The molecule has 0 aromatic heterocycles. The van der Waals surface area contributed by atoms with Crippen molar-refractivity contribution >= 4 is 0 Å². The van der Waals surface area contributed by atoms with Gasteiger partial charge in [0.2, 0.25) is 0 Å². The second-order valence-electron chi connectivity index (χ2n) is 5.44. The van der Waals surface area contributed by atoms with Crippen LogP contribution in [0.4, 0.5) is 0 Å². The summed E-state index contributed by atoms with van der Waals surface area (Å²) in [6, 6.07) is 0.919. The number of hydrogen-bond acceptors (Lipinski definition) is 1. The zero-order valence-corrected chi connectivity index (χ0v) is 10.5. The first kappa shape index (κ1) is 12.3. The zero-order chi connectivity index (χ0) is 11.2. The van der Waals surface area contributed by atoms with E-state index in [1.54, 1.807) is 0 Å². The first-order valence-electron chi connectivity index (χ1n) is 7.13. The van der Waals surface area contributed by atoms with Gasteiger partial charge in [-0.1, -0.05) is 0 Å². The van der Waals surface area contributed by atoms with E-state index < -0.39 is 0 Å². The van der Waals surface area contributed by atoms with Crippen LogP contribution in [0.3, 0.4) is 0 Å². The Hall–Kier alpha value is -0.120. The maximum Gasteiger partial charge on any atom is 0.0925 e. The SMILES string of the molecule is [NH3+]CCCOC[C@H]1CCC[NH+]2CCCC[C@@H]12. The number of rotatable bonds is 5. The number of fused-ring (bicyclic) bond motifs is 1. The molecule has 94 valence electrons. The zero-order valence-electron chi connectivity index (χ0n) is 10.5. The fourth-order valence-corrected chi connectivity index (χ4v) is 3.42. The Morgan fingerprint density at radius 1 is 1.12 bits per heavy atom. The predicted molar refractivity (Wildman–Crippen MR) is 64.3 cm³/mol. The van der Waals surface area contributed by atoms with Gasteiger partial charge in [-0.25, -0.2) is 0 Å². The summed E-state index contributed by atoms with van der Waals surface area (Å²) < 4.78 is 5.81. The summed E-state index contributed by atoms with van der Waals surface area (Å²) in [5.74, 6) is 0.842. The molecule has 1 unspecified atom stereocenters. The van der Waals surface area contributed by atoms with Crippen LogP contribution in [0.1, 0.15) is 38.5 Å².